The van der Waals surface area contributed by atoms with Crippen LogP contribution in [-0.2, 0) is 65.4 Å². The lowest BCUT2D eigenvalue weighted by Crippen LogP contribution is -2.30. The molecule has 0 bridgehead atoms. The van der Waals surface area contributed by atoms with E-state index in [1.165, 1.54) is 257 Å². The lowest BCUT2D eigenvalue weighted by Gasteiger charge is -2.21. The smallest absolute Gasteiger partial charge is 0.462 e. The second kappa shape index (κ2) is 74.5. The highest BCUT2D eigenvalue weighted by Gasteiger charge is 2.30. The van der Waals surface area contributed by atoms with Crippen molar-refractivity contribution in [3.05, 3.63) is 0 Å². The molecule has 17 nitrogen and oxygen atoms in total. The van der Waals surface area contributed by atoms with Gasteiger partial charge in [-0.3, -0.25) is 37.3 Å². The van der Waals surface area contributed by atoms with Crippen LogP contribution in [0.3, 0.4) is 0 Å². The number of esters is 4. The Labute approximate surface area is 626 Å². The summed E-state index contributed by atoms with van der Waals surface area (Å²) >= 11 is 0. The maximum absolute atomic E-state index is 13.1. The minimum atomic E-state index is -4.96. The summed E-state index contributed by atoms with van der Waals surface area (Å²) in [4.78, 5) is 73.1. The molecule has 0 rings (SSSR count). The number of hydrogen-bond acceptors (Lipinski definition) is 15. The number of hydrogen-bond donors (Lipinski definition) is 3. The van der Waals surface area contributed by atoms with Crippen molar-refractivity contribution in [3.63, 3.8) is 0 Å². The van der Waals surface area contributed by atoms with E-state index in [0.29, 0.717) is 25.7 Å². The molecule has 102 heavy (non-hydrogen) atoms. The molecule has 606 valence electrons. The fourth-order valence-corrected chi connectivity index (χ4v) is 14.5. The SMILES string of the molecule is CCCCCCCCCCCCCCCCCCCC(=O)O[C@H](COC(=O)CCCCCCCCCCC)COP(=O)(O)OC[C@H](O)COP(=O)(O)OC[C@@H](COC(=O)CCCCCCCCCCCCCCCCCC(C)C)OC(=O)CCCCCCCCCCCCCCCCCC(C)C. The Morgan fingerprint density at radius 3 is 0.667 bits per heavy atom. The van der Waals surface area contributed by atoms with E-state index in [-0.39, 0.29) is 25.7 Å². The van der Waals surface area contributed by atoms with Crippen molar-refractivity contribution < 1.29 is 80.2 Å². The average molecular weight is 1490 g/mol. The molecule has 19 heteroatoms. The fourth-order valence-electron chi connectivity index (χ4n) is 12.9. The van der Waals surface area contributed by atoms with Gasteiger partial charge in [0, 0.05) is 25.7 Å². The molecule has 5 atom stereocenters. The predicted molar refractivity (Wildman–Crippen MR) is 418 cm³/mol. The van der Waals surface area contributed by atoms with Crippen LogP contribution in [0.1, 0.15) is 440 Å². The lowest BCUT2D eigenvalue weighted by atomic mass is 10.0. The van der Waals surface area contributed by atoms with Crippen LogP contribution in [0, 0.1) is 11.8 Å². The van der Waals surface area contributed by atoms with Gasteiger partial charge in [0.1, 0.15) is 19.3 Å². The summed E-state index contributed by atoms with van der Waals surface area (Å²) in [7, 11) is -9.92. The number of unbranched alkanes of at least 4 members (excludes halogenated alkanes) is 52. The monoisotopic (exact) mass is 1490 g/mol. The summed E-state index contributed by atoms with van der Waals surface area (Å²) in [5, 5.41) is 10.7. The minimum Gasteiger partial charge on any atom is -0.462 e. The van der Waals surface area contributed by atoms with Crippen molar-refractivity contribution in [1.29, 1.82) is 0 Å². The first kappa shape index (κ1) is 100. The van der Waals surface area contributed by atoms with Gasteiger partial charge in [0.15, 0.2) is 12.2 Å². The molecule has 0 saturated carbocycles. The largest absolute Gasteiger partial charge is 0.472 e. The molecule has 0 fully saturated rings. The normalized spacial score (nSPS) is 13.9. The summed E-state index contributed by atoms with van der Waals surface area (Å²) in [6, 6.07) is 0. The van der Waals surface area contributed by atoms with Gasteiger partial charge in [-0.2, -0.15) is 0 Å². The van der Waals surface area contributed by atoms with Crippen molar-refractivity contribution >= 4 is 39.5 Å². The Kier molecular flexibility index (Phi) is 73.1. The third-order valence-corrected chi connectivity index (χ3v) is 21.4. The van der Waals surface area contributed by atoms with E-state index >= 15 is 0 Å². The predicted octanol–water partition coefficient (Wildman–Crippen LogP) is 25.1. The van der Waals surface area contributed by atoms with Crippen molar-refractivity contribution in [2.75, 3.05) is 39.6 Å². The van der Waals surface area contributed by atoms with Crippen LogP contribution in [0.5, 0.6) is 0 Å². The molecule has 0 aliphatic rings. The number of ether oxygens (including phenoxy) is 4. The van der Waals surface area contributed by atoms with E-state index in [0.717, 1.165) is 102 Å². The van der Waals surface area contributed by atoms with Gasteiger partial charge in [0.05, 0.1) is 26.4 Å². The zero-order valence-electron chi connectivity index (χ0n) is 66.9. The Balaban J connectivity index is 5.22. The summed E-state index contributed by atoms with van der Waals surface area (Å²) in [6.07, 6.45) is 65.2. The van der Waals surface area contributed by atoms with Gasteiger partial charge >= 0.3 is 39.5 Å². The van der Waals surface area contributed by atoms with Gasteiger partial charge in [-0.15, -0.1) is 0 Å². The van der Waals surface area contributed by atoms with Gasteiger partial charge in [-0.05, 0) is 37.5 Å². The summed E-state index contributed by atoms with van der Waals surface area (Å²) in [6.45, 7) is 9.69. The van der Waals surface area contributed by atoms with Gasteiger partial charge < -0.3 is 33.8 Å². The molecular formula is C83H162O17P2. The number of rotatable bonds is 82. The zero-order valence-corrected chi connectivity index (χ0v) is 68.7. The van der Waals surface area contributed by atoms with Crippen LogP contribution in [-0.4, -0.2) is 96.7 Å². The molecule has 2 unspecified atom stereocenters. The van der Waals surface area contributed by atoms with Crippen LogP contribution in [0.2, 0.25) is 0 Å². The standard InChI is InChI=1S/C83H162O17P2/c1-7-9-11-13-15-17-18-19-20-21-26-32-37-43-49-55-61-67-82(87)99-78(71-93-80(85)65-59-53-47-39-16-14-12-10-8-2)73-97-101(89,90)95-69-77(84)70-96-102(91,92)98-74-79(100-83(88)68-62-56-50-44-38-33-28-23-25-30-35-41-46-52-58-64-76(5)6)72-94-81(86)66-60-54-48-42-36-31-27-22-24-29-34-40-45-51-57-63-75(3)4/h75-79,84H,7-74H2,1-6H3,(H,89,90)(H,91,92)/t77-,78+,79+/m0/s1. The average Bonchev–Trinajstić information content (AvgIpc) is 0.913. The van der Waals surface area contributed by atoms with Crippen molar-refractivity contribution in [1.82, 2.24) is 0 Å². The van der Waals surface area contributed by atoms with Gasteiger partial charge in [-0.1, -0.05) is 388 Å². The van der Waals surface area contributed by atoms with Crippen molar-refractivity contribution in [3.8, 4) is 0 Å². The molecule has 0 saturated heterocycles. The molecule has 0 aromatic heterocycles. The van der Waals surface area contributed by atoms with E-state index in [1.54, 1.807) is 0 Å². The first-order chi connectivity index (χ1) is 49.4. The summed E-state index contributed by atoms with van der Waals surface area (Å²) in [5.41, 5.74) is 0. The fraction of sp³-hybridized carbons (Fsp3) is 0.952. The Morgan fingerprint density at radius 1 is 0.265 bits per heavy atom. The topological polar surface area (TPSA) is 237 Å². The molecule has 3 N–H and O–H groups in total. The van der Waals surface area contributed by atoms with Gasteiger partial charge in [0.2, 0.25) is 0 Å². The van der Waals surface area contributed by atoms with Crippen molar-refractivity contribution in [2.45, 2.75) is 458 Å². The molecule has 0 spiro atoms. The third-order valence-electron chi connectivity index (χ3n) is 19.5. The van der Waals surface area contributed by atoms with Gasteiger partial charge in [-0.25, -0.2) is 9.13 Å². The number of phosphoric acid groups is 2. The van der Waals surface area contributed by atoms with E-state index in [2.05, 4.69) is 41.5 Å². The minimum absolute atomic E-state index is 0.108. The van der Waals surface area contributed by atoms with Crippen LogP contribution in [0.25, 0.3) is 0 Å². The summed E-state index contributed by atoms with van der Waals surface area (Å²) < 4.78 is 68.8. The Morgan fingerprint density at radius 2 is 0.451 bits per heavy atom. The molecule has 0 aromatic carbocycles. The highest BCUT2D eigenvalue weighted by molar-refractivity contribution is 7.47. The number of aliphatic hydroxyl groups is 1. The van der Waals surface area contributed by atoms with Gasteiger partial charge in [0.25, 0.3) is 0 Å². The highest BCUT2D eigenvalue weighted by atomic mass is 31.2. The molecule has 0 radical (unpaired) electrons. The van der Waals surface area contributed by atoms with E-state index in [1.807, 2.05) is 0 Å². The lowest BCUT2D eigenvalue weighted by molar-refractivity contribution is -0.161. The molecule has 0 aliphatic carbocycles. The second-order valence-electron chi connectivity index (χ2n) is 30.8. The first-order valence-corrected chi connectivity index (χ1v) is 46.0. The molecule has 0 amide bonds. The van der Waals surface area contributed by atoms with E-state index in [4.69, 9.17) is 37.0 Å². The quantitative estimate of drug-likeness (QED) is 0.0222. The second-order valence-corrected chi connectivity index (χ2v) is 33.7. The Bertz CT molecular complexity index is 1960. The maximum atomic E-state index is 13.1. The number of phosphoric ester groups is 2. The first-order valence-electron chi connectivity index (χ1n) is 43.0. The van der Waals surface area contributed by atoms with Crippen molar-refractivity contribution in [2.24, 2.45) is 11.8 Å². The molecule has 0 heterocycles. The van der Waals surface area contributed by atoms with Crippen LogP contribution < -0.4 is 0 Å². The third kappa shape index (κ3) is 76.3. The number of aliphatic hydroxyl groups excluding tert-OH is 1. The van der Waals surface area contributed by atoms with Crippen LogP contribution in [0.4, 0.5) is 0 Å². The van der Waals surface area contributed by atoms with Crippen LogP contribution >= 0.6 is 15.6 Å². The molecule has 0 aromatic rings. The molecular weight excluding hydrogens is 1330 g/mol. The maximum Gasteiger partial charge on any atom is 0.472 e. The number of carbonyl (C=O) groups excluding carboxylic acids is 4. The van der Waals surface area contributed by atoms with Crippen LogP contribution in [0.15, 0.2) is 0 Å². The Hall–Kier alpha value is -1.94. The van der Waals surface area contributed by atoms with E-state index in [9.17, 15) is 43.2 Å². The number of carbonyl (C=O) groups is 4. The summed E-state index contributed by atoms with van der Waals surface area (Å²) in [5.74, 6) is -0.497. The highest BCUT2D eigenvalue weighted by Crippen LogP contribution is 2.45. The van der Waals surface area contributed by atoms with E-state index < -0.39 is 97.5 Å². The zero-order chi connectivity index (χ0) is 74.9. The molecule has 0 aliphatic heterocycles.